The molecule has 0 aliphatic heterocycles. The number of nitrogens with zero attached hydrogens (tertiary/aromatic N) is 2. The highest BCUT2D eigenvalue weighted by Gasteiger charge is 2.14. The van der Waals surface area contributed by atoms with Crippen molar-refractivity contribution < 1.29 is 10.0 Å². The summed E-state index contributed by atoms with van der Waals surface area (Å²) in [6, 6.07) is 5.77. The topological polar surface area (TPSA) is 68.3 Å². The van der Waals surface area contributed by atoms with Gasteiger partial charge >= 0.3 is 0 Å². The molecule has 0 unspecified atom stereocenters. The second-order valence-electron chi connectivity index (χ2n) is 3.26. The number of aromatic nitrogens is 1. The second kappa shape index (κ2) is 4.27. The van der Waals surface area contributed by atoms with Crippen molar-refractivity contribution in [2.75, 3.05) is 0 Å². The van der Waals surface area contributed by atoms with E-state index < -0.39 is 4.92 Å². The maximum absolute atomic E-state index is 10.6. The van der Waals surface area contributed by atoms with E-state index in [-0.39, 0.29) is 21.6 Å². The fourth-order valence-corrected chi connectivity index (χ4v) is 1.72. The molecule has 88 valence electrons. The molecule has 0 spiro atoms. The number of rotatable bonds is 2. The van der Waals surface area contributed by atoms with Crippen LogP contribution in [0.2, 0.25) is 10.0 Å². The highest BCUT2D eigenvalue weighted by Crippen LogP contribution is 2.35. The van der Waals surface area contributed by atoms with Gasteiger partial charge in [-0.15, -0.1) is 0 Å². The second-order valence-corrected chi connectivity index (χ2v) is 4.05. The van der Waals surface area contributed by atoms with E-state index in [0.29, 0.717) is 5.69 Å². The van der Waals surface area contributed by atoms with Crippen molar-refractivity contribution in [1.82, 2.24) is 4.57 Å². The van der Waals surface area contributed by atoms with E-state index in [1.165, 1.54) is 29.0 Å². The summed E-state index contributed by atoms with van der Waals surface area (Å²) in [4.78, 5) is 10.1. The van der Waals surface area contributed by atoms with Crippen LogP contribution in [-0.4, -0.2) is 14.6 Å². The lowest BCUT2D eigenvalue weighted by atomic mass is 10.3. The van der Waals surface area contributed by atoms with Gasteiger partial charge in [-0.25, -0.2) is 0 Å². The fraction of sp³-hybridized carbons (Fsp3) is 0. The van der Waals surface area contributed by atoms with Crippen LogP contribution in [-0.2, 0) is 0 Å². The smallest absolute Gasteiger partial charge is 0.271 e. The van der Waals surface area contributed by atoms with Gasteiger partial charge < -0.3 is 5.11 Å². The van der Waals surface area contributed by atoms with Crippen molar-refractivity contribution in [3.8, 4) is 11.6 Å². The Morgan fingerprint density at radius 2 is 2.06 bits per heavy atom. The van der Waals surface area contributed by atoms with Crippen LogP contribution in [0.4, 0.5) is 5.69 Å². The normalized spacial score (nSPS) is 10.5. The lowest BCUT2D eigenvalue weighted by Crippen LogP contribution is -1.93. The third kappa shape index (κ3) is 2.07. The van der Waals surface area contributed by atoms with Crippen LogP contribution >= 0.6 is 23.2 Å². The largest absolute Gasteiger partial charge is 0.493 e. The van der Waals surface area contributed by atoms with Crippen molar-refractivity contribution in [3.05, 3.63) is 50.6 Å². The Morgan fingerprint density at radius 3 is 2.59 bits per heavy atom. The zero-order valence-corrected chi connectivity index (χ0v) is 9.81. The van der Waals surface area contributed by atoms with Gasteiger partial charge in [-0.05, 0) is 6.07 Å². The molecule has 0 aliphatic rings. The van der Waals surface area contributed by atoms with Gasteiger partial charge in [0.15, 0.2) is 0 Å². The first-order valence-corrected chi connectivity index (χ1v) is 5.26. The molecule has 7 heteroatoms. The summed E-state index contributed by atoms with van der Waals surface area (Å²) in [5.41, 5.74) is 0.327. The van der Waals surface area contributed by atoms with Crippen LogP contribution in [0.1, 0.15) is 0 Å². The van der Waals surface area contributed by atoms with Gasteiger partial charge in [0.25, 0.3) is 5.69 Å². The molecule has 0 aliphatic carbocycles. The number of nitro groups is 1. The molecule has 0 radical (unpaired) electrons. The van der Waals surface area contributed by atoms with Crippen LogP contribution < -0.4 is 0 Å². The van der Waals surface area contributed by atoms with E-state index in [0.717, 1.165) is 0 Å². The zero-order valence-electron chi connectivity index (χ0n) is 8.30. The zero-order chi connectivity index (χ0) is 12.6. The van der Waals surface area contributed by atoms with Crippen LogP contribution in [0.3, 0.4) is 0 Å². The van der Waals surface area contributed by atoms with Gasteiger partial charge in [0.2, 0.25) is 5.88 Å². The number of non-ortho nitro benzene ring substituents is 1. The Hall–Kier alpha value is -1.72. The third-order valence-electron chi connectivity index (χ3n) is 2.20. The van der Waals surface area contributed by atoms with Gasteiger partial charge in [-0.1, -0.05) is 29.3 Å². The van der Waals surface area contributed by atoms with Crippen molar-refractivity contribution in [2.24, 2.45) is 0 Å². The molecule has 2 rings (SSSR count). The average Bonchev–Trinajstić information content (AvgIpc) is 2.57. The van der Waals surface area contributed by atoms with Gasteiger partial charge in [0, 0.05) is 18.3 Å². The van der Waals surface area contributed by atoms with Crippen LogP contribution in [0.5, 0.6) is 5.88 Å². The van der Waals surface area contributed by atoms with Crippen LogP contribution in [0.25, 0.3) is 5.69 Å². The number of halogens is 2. The van der Waals surface area contributed by atoms with Crippen molar-refractivity contribution >= 4 is 28.9 Å². The van der Waals surface area contributed by atoms with E-state index in [1.54, 1.807) is 6.07 Å². The Kier molecular flexibility index (Phi) is 2.95. The molecule has 0 saturated carbocycles. The van der Waals surface area contributed by atoms with E-state index in [9.17, 15) is 15.2 Å². The molecule has 0 saturated heterocycles. The summed E-state index contributed by atoms with van der Waals surface area (Å²) in [5.74, 6) is -0.253. The van der Waals surface area contributed by atoms with Crippen LogP contribution in [0, 0.1) is 10.1 Å². The molecule has 0 fully saturated rings. The molecule has 1 aromatic heterocycles. The molecule has 0 amide bonds. The minimum Gasteiger partial charge on any atom is -0.493 e. The van der Waals surface area contributed by atoms with Crippen molar-refractivity contribution in [1.29, 1.82) is 0 Å². The van der Waals surface area contributed by atoms with Crippen molar-refractivity contribution in [3.63, 3.8) is 0 Å². The summed E-state index contributed by atoms with van der Waals surface area (Å²) in [7, 11) is 0. The average molecular weight is 273 g/mol. The Morgan fingerprint density at radius 1 is 1.35 bits per heavy atom. The number of hydrogen-bond donors (Lipinski definition) is 1. The van der Waals surface area contributed by atoms with E-state index in [1.807, 2.05) is 0 Å². The van der Waals surface area contributed by atoms with E-state index in [2.05, 4.69) is 0 Å². The molecule has 17 heavy (non-hydrogen) atoms. The SMILES string of the molecule is O=[N+]([O-])c1cccc(-n2cc(Cl)c(Cl)c2O)c1. The molecular formula is C10H6Cl2N2O3. The number of nitro benzene ring substituents is 1. The van der Waals surface area contributed by atoms with Crippen molar-refractivity contribution in [2.45, 2.75) is 0 Å². The van der Waals surface area contributed by atoms with Gasteiger partial charge in [-0.3, -0.25) is 14.7 Å². The van der Waals surface area contributed by atoms with Gasteiger partial charge in [0.1, 0.15) is 5.02 Å². The maximum Gasteiger partial charge on any atom is 0.271 e. The Labute approximate surface area is 106 Å². The summed E-state index contributed by atoms with van der Waals surface area (Å²) in [5, 5.41) is 20.5. The molecule has 0 bridgehead atoms. The maximum atomic E-state index is 10.6. The van der Waals surface area contributed by atoms with Gasteiger partial charge in [-0.2, -0.15) is 0 Å². The van der Waals surface area contributed by atoms with E-state index in [4.69, 9.17) is 23.2 Å². The number of aromatic hydroxyl groups is 1. The third-order valence-corrected chi connectivity index (χ3v) is 2.95. The predicted octanol–water partition coefficient (Wildman–Crippen LogP) is 3.40. The minimum atomic E-state index is -0.521. The van der Waals surface area contributed by atoms with Crippen LogP contribution in [0.15, 0.2) is 30.5 Å². The predicted molar refractivity (Wildman–Crippen MR) is 64.1 cm³/mol. The molecule has 1 heterocycles. The molecule has 0 atom stereocenters. The number of benzene rings is 1. The first-order chi connectivity index (χ1) is 8.00. The summed E-state index contributed by atoms with van der Waals surface area (Å²) >= 11 is 11.5. The summed E-state index contributed by atoms with van der Waals surface area (Å²) in [6.45, 7) is 0. The molecule has 1 N–H and O–H groups in total. The first-order valence-electron chi connectivity index (χ1n) is 4.51. The molecule has 5 nitrogen and oxygen atoms in total. The number of hydrogen-bond acceptors (Lipinski definition) is 3. The highest BCUT2D eigenvalue weighted by molar-refractivity contribution is 6.43. The minimum absolute atomic E-state index is 0.0122. The van der Waals surface area contributed by atoms with E-state index >= 15 is 0 Å². The quantitative estimate of drug-likeness (QED) is 0.673. The molecule has 1 aromatic carbocycles. The molecular weight excluding hydrogens is 267 g/mol. The first kappa shape index (κ1) is 11.8. The lowest BCUT2D eigenvalue weighted by Gasteiger charge is -2.04. The fourth-order valence-electron chi connectivity index (χ4n) is 1.40. The Balaban J connectivity index is 2.56. The summed E-state index contributed by atoms with van der Waals surface area (Å²) in [6.07, 6.45) is 1.39. The molecule has 2 aromatic rings. The van der Waals surface area contributed by atoms with Gasteiger partial charge in [0.05, 0.1) is 15.6 Å². The summed E-state index contributed by atoms with van der Waals surface area (Å²) < 4.78 is 1.28. The standard InChI is InChI=1S/C10H6Cl2N2O3/c11-8-5-13(10(15)9(8)12)6-2-1-3-7(4-6)14(16)17/h1-5,15H. The lowest BCUT2D eigenvalue weighted by molar-refractivity contribution is -0.384. The monoisotopic (exact) mass is 272 g/mol. The Bertz CT molecular complexity index is 595. The highest BCUT2D eigenvalue weighted by atomic mass is 35.5.